The van der Waals surface area contributed by atoms with Gasteiger partial charge in [0, 0.05) is 38.4 Å². The molecule has 0 spiro atoms. The maximum Gasteiger partial charge on any atom is 0.317 e. The molecular weight excluding hydrogens is 305 g/mol. The minimum absolute atomic E-state index is 0.0938. The van der Waals surface area contributed by atoms with Gasteiger partial charge >= 0.3 is 6.03 Å². The van der Waals surface area contributed by atoms with Crippen molar-refractivity contribution >= 4 is 11.7 Å². The normalized spacial score (nSPS) is 14.6. The van der Waals surface area contributed by atoms with Gasteiger partial charge < -0.3 is 15.1 Å². The summed E-state index contributed by atoms with van der Waals surface area (Å²) >= 11 is 0. The summed E-state index contributed by atoms with van der Waals surface area (Å²) in [6, 6.07) is 15.2. The van der Waals surface area contributed by atoms with E-state index in [1.165, 1.54) is 11.8 Å². The Bertz CT molecular complexity index is 697. The van der Waals surface area contributed by atoms with Crippen molar-refractivity contribution < 1.29 is 9.18 Å². The SMILES string of the molecule is Cc1ccc(CNC(=O)N2CCN(c3ccccc3)CC2)cc1F. The third-order valence-electron chi connectivity index (χ3n) is 4.37. The van der Waals surface area contributed by atoms with E-state index in [1.54, 1.807) is 13.0 Å². The van der Waals surface area contributed by atoms with Crippen molar-refractivity contribution in [3.63, 3.8) is 0 Å². The summed E-state index contributed by atoms with van der Waals surface area (Å²) < 4.78 is 13.5. The first-order chi connectivity index (χ1) is 11.6. The molecule has 3 rings (SSSR count). The van der Waals surface area contributed by atoms with E-state index < -0.39 is 0 Å². The van der Waals surface area contributed by atoms with E-state index >= 15 is 0 Å². The molecule has 0 bridgehead atoms. The van der Waals surface area contributed by atoms with Crippen molar-refractivity contribution in [2.75, 3.05) is 31.1 Å². The molecule has 4 nitrogen and oxygen atoms in total. The molecule has 1 fully saturated rings. The number of para-hydroxylation sites is 1. The number of rotatable bonds is 3. The monoisotopic (exact) mass is 327 g/mol. The highest BCUT2D eigenvalue weighted by Crippen LogP contribution is 2.15. The number of piperazine rings is 1. The summed E-state index contributed by atoms with van der Waals surface area (Å²) in [4.78, 5) is 16.4. The Balaban J connectivity index is 1.49. The zero-order valence-corrected chi connectivity index (χ0v) is 13.8. The number of aryl methyl sites for hydroxylation is 1. The molecule has 2 aromatic carbocycles. The van der Waals surface area contributed by atoms with Gasteiger partial charge in [0.15, 0.2) is 0 Å². The minimum Gasteiger partial charge on any atom is -0.368 e. The van der Waals surface area contributed by atoms with Gasteiger partial charge in [0.2, 0.25) is 0 Å². The topological polar surface area (TPSA) is 35.6 Å². The van der Waals surface area contributed by atoms with Crippen molar-refractivity contribution in [2.45, 2.75) is 13.5 Å². The number of hydrogen-bond acceptors (Lipinski definition) is 2. The number of carbonyl (C=O) groups excluding carboxylic acids is 1. The molecule has 0 atom stereocenters. The predicted molar refractivity (Wildman–Crippen MR) is 93.6 cm³/mol. The summed E-state index contributed by atoms with van der Waals surface area (Å²) in [5, 5.41) is 2.87. The van der Waals surface area contributed by atoms with Crippen LogP contribution in [0.3, 0.4) is 0 Å². The van der Waals surface area contributed by atoms with Gasteiger partial charge in [-0.25, -0.2) is 9.18 Å². The van der Waals surface area contributed by atoms with Crippen LogP contribution in [0.4, 0.5) is 14.9 Å². The van der Waals surface area contributed by atoms with Crippen molar-refractivity contribution in [2.24, 2.45) is 0 Å². The second kappa shape index (κ2) is 7.34. The van der Waals surface area contributed by atoms with Gasteiger partial charge in [0.25, 0.3) is 0 Å². The van der Waals surface area contributed by atoms with Crippen LogP contribution in [0.5, 0.6) is 0 Å². The van der Waals surface area contributed by atoms with Crippen LogP contribution >= 0.6 is 0 Å². The molecule has 2 amide bonds. The molecule has 0 aromatic heterocycles. The Kier molecular flexibility index (Phi) is 4.99. The van der Waals surface area contributed by atoms with E-state index in [0.29, 0.717) is 25.2 Å². The van der Waals surface area contributed by atoms with Crippen LogP contribution in [-0.4, -0.2) is 37.1 Å². The lowest BCUT2D eigenvalue weighted by Crippen LogP contribution is -2.51. The summed E-state index contributed by atoms with van der Waals surface area (Å²) in [6.07, 6.45) is 0. The number of carbonyl (C=O) groups is 1. The lowest BCUT2D eigenvalue weighted by Gasteiger charge is -2.36. The molecule has 5 heteroatoms. The average Bonchev–Trinajstić information content (AvgIpc) is 2.63. The van der Waals surface area contributed by atoms with Gasteiger partial charge in [0.1, 0.15) is 5.82 Å². The molecule has 0 unspecified atom stereocenters. The number of nitrogens with one attached hydrogen (secondary N) is 1. The van der Waals surface area contributed by atoms with Crippen molar-refractivity contribution in [3.05, 3.63) is 65.5 Å². The highest BCUT2D eigenvalue weighted by Gasteiger charge is 2.20. The number of amides is 2. The Morgan fingerprint density at radius 1 is 1.08 bits per heavy atom. The molecule has 1 aliphatic heterocycles. The Morgan fingerprint density at radius 2 is 1.79 bits per heavy atom. The van der Waals surface area contributed by atoms with Crippen molar-refractivity contribution in [1.29, 1.82) is 0 Å². The van der Waals surface area contributed by atoms with Crippen LogP contribution in [0, 0.1) is 12.7 Å². The van der Waals surface area contributed by atoms with E-state index in [0.717, 1.165) is 18.7 Å². The first kappa shape index (κ1) is 16.3. The van der Waals surface area contributed by atoms with Gasteiger partial charge in [-0.15, -0.1) is 0 Å². The Labute approximate surface area is 141 Å². The third kappa shape index (κ3) is 3.85. The van der Waals surface area contributed by atoms with E-state index in [1.807, 2.05) is 29.2 Å². The average molecular weight is 327 g/mol. The number of nitrogens with zero attached hydrogens (tertiary/aromatic N) is 2. The molecule has 1 saturated heterocycles. The van der Waals surface area contributed by atoms with Crippen molar-refractivity contribution in [3.8, 4) is 0 Å². The fourth-order valence-corrected chi connectivity index (χ4v) is 2.84. The van der Waals surface area contributed by atoms with E-state index in [9.17, 15) is 9.18 Å². The fraction of sp³-hybridized carbons (Fsp3) is 0.316. The molecule has 1 heterocycles. The molecule has 0 aliphatic carbocycles. The number of halogens is 1. The number of urea groups is 1. The summed E-state index contributed by atoms with van der Waals surface area (Å²) in [5.74, 6) is -0.238. The second-order valence-corrected chi connectivity index (χ2v) is 6.05. The molecule has 1 aliphatic rings. The standard InChI is InChI=1S/C19H22FN3O/c1-15-7-8-16(13-18(15)20)14-21-19(24)23-11-9-22(10-12-23)17-5-3-2-4-6-17/h2-8,13H,9-12,14H2,1H3,(H,21,24). The van der Waals surface area contributed by atoms with E-state index in [4.69, 9.17) is 0 Å². The van der Waals surface area contributed by atoms with Crippen LogP contribution < -0.4 is 10.2 Å². The van der Waals surface area contributed by atoms with Gasteiger partial charge in [0.05, 0.1) is 0 Å². The predicted octanol–water partition coefficient (Wildman–Crippen LogP) is 3.17. The highest BCUT2D eigenvalue weighted by atomic mass is 19.1. The maximum absolute atomic E-state index is 13.5. The fourth-order valence-electron chi connectivity index (χ4n) is 2.84. The van der Waals surface area contributed by atoms with Crippen molar-refractivity contribution in [1.82, 2.24) is 10.2 Å². The molecule has 1 N–H and O–H groups in total. The number of hydrogen-bond donors (Lipinski definition) is 1. The lowest BCUT2D eigenvalue weighted by atomic mass is 10.1. The quantitative estimate of drug-likeness (QED) is 0.940. The zero-order chi connectivity index (χ0) is 16.9. The molecule has 24 heavy (non-hydrogen) atoms. The van der Waals surface area contributed by atoms with Crippen LogP contribution in [-0.2, 0) is 6.54 Å². The Morgan fingerprint density at radius 3 is 2.46 bits per heavy atom. The van der Waals surface area contributed by atoms with E-state index in [2.05, 4.69) is 22.3 Å². The molecular formula is C19H22FN3O. The molecule has 0 saturated carbocycles. The van der Waals surface area contributed by atoms with Crippen LogP contribution in [0.15, 0.2) is 48.5 Å². The zero-order valence-electron chi connectivity index (χ0n) is 13.8. The molecule has 126 valence electrons. The lowest BCUT2D eigenvalue weighted by molar-refractivity contribution is 0.194. The number of benzene rings is 2. The molecule has 0 radical (unpaired) electrons. The largest absolute Gasteiger partial charge is 0.368 e. The minimum atomic E-state index is -0.238. The number of anilines is 1. The summed E-state index contributed by atoms with van der Waals surface area (Å²) in [6.45, 7) is 5.07. The third-order valence-corrected chi connectivity index (χ3v) is 4.37. The van der Waals surface area contributed by atoms with Gasteiger partial charge in [-0.05, 0) is 36.2 Å². The summed E-state index contributed by atoms with van der Waals surface area (Å²) in [7, 11) is 0. The first-order valence-corrected chi connectivity index (χ1v) is 8.21. The highest BCUT2D eigenvalue weighted by molar-refractivity contribution is 5.74. The smallest absolute Gasteiger partial charge is 0.317 e. The van der Waals surface area contributed by atoms with Gasteiger partial charge in [-0.1, -0.05) is 30.3 Å². The van der Waals surface area contributed by atoms with Gasteiger partial charge in [-0.3, -0.25) is 0 Å². The molecule has 2 aromatic rings. The van der Waals surface area contributed by atoms with Crippen LogP contribution in [0.2, 0.25) is 0 Å². The second-order valence-electron chi connectivity index (χ2n) is 6.05. The Hall–Kier alpha value is -2.56. The first-order valence-electron chi connectivity index (χ1n) is 8.21. The van der Waals surface area contributed by atoms with Crippen LogP contribution in [0.25, 0.3) is 0 Å². The summed E-state index contributed by atoms with van der Waals surface area (Å²) in [5.41, 5.74) is 2.57. The van der Waals surface area contributed by atoms with E-state index in [-0.39, 0.29) is 11.8 Å². The van der Waals surface area contributed by atoms with Gasteiger partial charge in [-0.2, -0.15) is 0 Å². The van der Waals surface area contributed by atoms with Crippen LogP contribution in [0.1, 0.15) is 11.1 Å². The maximum atomic E-state index is 13.5.